The zero-order chi connectivity index (χ0) is 14.2. The highest BCUT2D eigenvalue weighted by atomic mass is 32.2. The van der Waals surface area contributed by atoms with Gasteiger partial charge < -0.3 is 0 Å². The van der Waals surface area contributed by atoms with E-state index in [-0.39, 0.29) is 11.1 Å². The molecule has 7 heteroatoms. The zero-order valence-electron chi connectivity index (χ0n) is 10.2. The molecule has 0 amide bonds. The fraction of sp³-hybridized carbons (Fsp3) is 0.250. The van der Waals surface area contributed by atoms with E-state index in [4.69, 9.17) is 0 Å². The summed E-state index contributed by atoms with van der Waals surface area (Å²) in [5.41, 5.74) is -1.80. The molecule has 0 spiro atoms. The third-order valence-electron chi connectivity index (χ3n) is 2.72. The molecule has 2 rings (SSSR count). The molecule has 0 bridgehead atoms. The molecule has 0 saturated heterocycles. The lowest BCUT2D eigenvalue weighted by Crippen LogP contribution is -2.13. The fourth-order valence-electron chi connectivity index (χ4n) is 1.90. The number of H-pyrrole nitrogens is 1. The molecule has 1 heterocycles. The Morgan fingerprint density at radius 2 is 1.79 bits per heavy atom. The van der Waals surface area contributed by atoms with E-state index in [0.717, 1.165) is 4.90 Å². The van der Waals surface area contributed by atoms with Gasteiger partial charge in [-0.15, -0.1) is 11.8 Å². The minimum Gasteiger partial charge on any atom is -0.283 e. The minimum absolute atomic E-state index is 0.256. The van der Waals surface area contributed by atoms with Gasteiger partial charge in [0.2, 0.25) is 0 Å². The van der Waals surface area contributed by atoms with Gasteiger partial charge in [-0.3, -0.25) is 14.6 Å². The van der Waals surface area contributed by atoms with E-state index in [9.17, 15) is 18.0 Å². The van der Waals surface area contributed by atoms with Gasteiger partial charge in [0.25, 0.3) is 5.56 Å². The van der Waals surface area contributed by atoms with Crippen LogP contribution in [-0.2, 0) is 13.2 Å². The first-order valence-electron chi connectivity index (χ1n) is 5.35. The second-order valence-electron chi connectivity index (χ2n) is 3.95. The lowest BCUT2D eigenvalue weighted by atomic mass is 10.1. The van der Waals surface area contributed by atoms with Crippen LogP contribution in [0.5, 0.6) is 0 Å². The second kappa shape index (κ2) is 4.80. The lowest BCUT2D eigenvalue weighted by Gasteiger charge is -2.10. The van der Waals surface area contributed by atoms with Crippen molar-refractivity contribution in [1.82, 2.24) is 9.78 Å². The quantitative estimate of drug-likeness (QED) is 0.862. The van der Waals surface area contributed by atoms with E-state index in [1.807, 2.05) is 6.26 Å². The van der Waals surface area contributed by atoms with Crippen LogP contribution in [0.1, 0.15) is 5.69 Å². The zero-order valence-corrected chi connectivity index (χ0v) is 11.0. The maximum atomic E-state index is 13.0. The van der Waals surface area contributed by atoms with E-state index in [2.05, 4.69) is 5.10 Å². The maximum absolute atomic E-state index is 13.0. The Balaban J connectivity index is 2.64. The Bertz CT molecular complexity index is 640. The van der Waals surface area contributed by atoms with Crippen molar-refractivity contribution >= 4 is 11.8 Å². The molecule has 0 unspecified atom stereocenters. The van der Waals surface area contributed by atoms with E-state index in [0.29, 0.717) is 4.68 Å². The van der Waals surface area contributed by atoms with Gasteiger partial charge in [-0.25, -0.2) is 0 Å². The van der Waals surface area contributed by atoms with Crippen molar-refractivity contribution < 1.29 is 13.2 Å². The monoisotopic (exact) mass is 288 g/mol. The van der Waals surface area contributed by atoms with Gasteiger partial charge >= 0.3 is 6.18 Å². The summed E-state index contributed by atoms with van der Waals surface area (Å²) in [6, 6.07) is 6.41. The number of nitrogens with zero attached hydrogens (tertiary/aromatic N) is 1. The highest BCUT2D eigenvalue weighted by Crippen LogP contribution is 2.35. The number of aromatic amines is 1. The summed E-state index contributed by atoms with van der Waals surface area (Å²) < 4.78 is 39.6. The average Bonchev–Trinajstić information content (AvgIpc) is 2.64. The summed E-state index contributed by atoms with van der Waals surface area (Å²) in [4.78, 5) is 12.6. The van der Waals surface area contributed by atoms with Crippen molar-refractivity contribution in [3.05, 3.63) is 40.3 Å². The molecule has 0 radical (unpaired) electrons. The molecule has 2 aromatic rings. The van der Waals surface area contributed by atoms with Crippen LogP contribution < -0.4 is 5.56 Å². The molecule has 0 aliphatic carbocycles. The molecule has 1 aromatic heterocycles. The van der Waals surface area contributed by atoms with Gasteiger partial charge in [0.1, 0.15) is 0 Å². The molecule has 19 heavy (non-hydrogen) atoms. The second-order valence-corrected chi connectivity index (χ2v) is 4.83. The predicted octanol–water partition coefficient (Wildman–Crippen LogP) is 3.12. The van der Waals surface area contributed by atoms with Gasteiger partial charge in [-0.1, -0.05) is 12.1 Å². The summed E-state index contributed by atoms with van der Waals surface area (Å²) in [6.45, 7) is 0. The van der Waals surface area contributed by atoms with Gasteiger partial charge in [-0.05, 0) is 24.0 Å². The molecular weight excluding hydrogens is 277 g/mol. The Labute approximate surface area is 111 Å². The lowest BCUT2D eigenvalue weighted by molar-refractivity contribution is -0.143. The number of thioether (sulfide) groups is 1. The van der Waals surface area contributed by atoms with Crippen LogP contribution in [0, 0.1) is 0 Å². The van der Waals surface area contributed by atoms with Gasteiger partial charge in [0, 0.05) is 11.9 Å². The fourth-order valence-corrected chi connectivity index (χ4v) is 2.31. The van der Waals surface area contributed by atoms with Crippen LogP contribution in [0.2, 0.25) is 0 Å². The molecule has 0 saturated carbocycles. The molecule has 0 aliphatic heterocycles. The Morgan fingerprint density at radius 1 is 1.21 bits per heavy atom. The normalized spacial score (nSPS) is 11.8. The first kappa shape index (κ1) is 13.8. The molecular formula is C12H11F3N2OS. The van der Waals surface area contributed by atoms with E-state index in [1.165, 1.54) is 30.9 Å². The highest BCUT2D eigenvalue weighted by Gasteiger charge is 2.38. The third-order valence-corrected chi connectivity index (χ3v) is 3.46. The van der Waals surface area contributed by atoms with Crippen molar-refractivity contribution in [3.63, 3.8) is 0 Å². The van der Waals surface area contributed by atoms with Gasteiger partial charge in [-0.2, -0.15) is 13.2 Å². The Hall–Kier alpha value is -1.63. The van der Waals surface area contributed by atoms with Crippen LogP contribution >= 0.6 is 11.8 Å². The van der Waals surface area contributed by atoms with Crippen molar-refractivity contribution in [2.24, 2.45) is 7.05 Å². The first-order chi connectivity index (χ1) is 8.84. The summed E-state index contributed by atoms with van der Waals surface area (Å²) in [7, 11) is 1.17. The van der Waals surface area contributed by atoms with E-state index >= 15 is 0 Å². The molecule has 0 fully saturated rings. The van der Waals surface area contributed by atoms with Crippen LogP contribution in [-0.4, -0.2) is 16.0 Å². The molecule has 3 nitrogen and oxygen atoms in total. The topological polar surface area (TPSA) is 37.8 Å². The first-order valence-corrected chi connectivity index (χ1v) is 6.57. The van der Waals surface area contributed by atoms with Crippen LogP contribution in [0.4, 0.5) is 13.2 Å². The number of hydrogen-bond donors (Lipinski definition) is 1. The van der Waals surface area contributed by atoms with Crippen molar-refractivity contribution in [2.75, 3.05) is 6.26 Å². The number of alkyl halides is 3. The van der Waals surface area contributed by atoms with Gasteiger partial charge in [0.15, 0.2) is 5.69 Å². The number of halogens is 3. The molecule has 0 atom stereocenters. The van der Waals surface area contributed by atoms with Gasteiger partial charge in [0.05, 0.1) is 5.56 Å². The summed E-state index contributed by atoms with van der Waals surface area (Å²) in [5, 5.41) is 2.15. The highest BCUT2D eigenvalue weighted by molar-refractivity contribution is 7.98. The maximum Gasteiger partial charge on any atom is 0.433 e. The average molecular weight is 288 g/mol. The number of hydrogen-bond acceptors (Lipinski definition) is 2. The standard InChI is InChI=1S/C12H11F3N2OS/c1-17-10(12(13,14)15)9(11(18)16-17)7-3-5-8(19-2)6-4-7/h3-6H,1-2H3,(H,16,18). The van der Waals surface area contributed by atoms with E-state index < -0.39 is 17.4 Å². The third kappa shape index (κ3) is 2.56. The number of benzene rings is 1. The number of aryl methyl sites for hydroxylation is 1. The summed E-state index contributed by atoms with van der Waals surface area (Å²) >= 11 is 1.48. The van der Waals surface area contributed by atoms with Crippen molar-refractivity contribution in [1.29, 1.82) is 0 Å². The van der Waals surface area contributed by atoms with E-state index in [1.54, 1.807) is 12.1 Å². The van der Waals surface area contributed by atoms with Crippen molar-refractivity contribution in [2.45, 2.75) is 11.1 Å². The smallest absolute Gasteiger partial charge is 0.283 e. The summed E-state index contributed by atoms with van der Waals surface area (Å²) in [6.07, 6.45) is -2.72. The number of rotatable bonds is 2. The molecule has 0 aliphatic rings. The molecule has 1 N–H and O–H groups in total. The largest absolute Gasteiger partial charge is 0.433 e. The Morgan fingerprint density at radius 3 is 2.26 bits per heavy atom. The molecule has 102 valence electrons. The van der Waals surface area contributed by atoms with Crippen LogP contribution in [0.25, 0.3) is 11.1 Å². The minimum atomic E-state index is -4.58. The van der Waals surface area contributed by atoms with Crippen LogP contribution in [0.15, 0.2) is 34.0 Å². The Kier molecular flexibility index (Phi) is 3.49. The van der Waals surface area contributed by atoms with Crippen molar-refractivity contribution in [3.8, 4) is 11.1 Å². The van der Waals surface area contributed by atoms with Crippen LogP contribution in [0.3, 0.4) is 0 Å². The number of nitrogens with one attached hydrogen (secondary N) is 1. The predicted molar refractivity (Wildman–Crippen MR) is 68.3 cm³/mol. The summed E-state index contributed by atoms with van der Waals surface area (Å²) in [5.74, 6) is 0. The molecule has 1 aromatic carbocycles. The SMILES string of the molecule is CSc1ccc(-c2c(C(F)(F)F)n(C)[nH]c2=O)cc1. The number of aromatic nitrogens is 2.